The van der Waals surface area contributed by atoms with Crippen LogP contribution < -0.4 is 10.9 Å². The van der Waals surface area contributed by atoms with E-state index >= 15 is 0 Å². The molecular formula is C21H22N6O2. The minimum atomic E-state index is -0.375. The summed E-state index contributed by atoms with van der Waals surface area (Å²) < 4.78 is 3.01. The third-order valence-corrected chi connectivity index (χ3v) is 5.10. The molecule has 4 rings (SSSR count). The fraction of sp³-hybridized carbons (Fsp3) is 0.286. The molecule has 0 aliphatic rings. The molecule has 29 heavy (non-hydrogen) atoms. The van der Waals surface area contributed by atoms with Crippen LogP contribution in [0.5, 0.6) is 0 Å². The first-order valence-electron chi connectivity index (χ1n) is 9.42. The lowest BCUT2D eigenvalue weighted by atomic mass is 10.0. The average molecular weight is 390 g/mol. The van der Waals surface area contributed by atoms with Gasteiger partial charge in [-0.1, -0.05) is 23.8 Å². The van der Waals surface area contributed by atoms with Crippen molar-refractivity contribution in [2.75, 3.05) is 0 Å². The van der Waals surface area contributed by atoms with E-state index in [1.165, 1.54) is 10.1 Å². The van der Waals surface area contributed by atoms with Gasteiger partial charge in [0.05, 0.1) is 11.6 Å². The molecule has 0 aliphatic heterocycles. The van der Waals surface area contributed by atoms with Gasteiger partial charge in [-0.15, -0.1) is 10.2 Å². The zero-order chi connectivity index (χ0) is 20.7. The first-order valence-corrected chi connectivity index (χ1v) is 9.42. The van der Waals surface area contributed by atoms with Crippen molar-refractivity contribution in [3.05, 3.63) is 69.4 Å². The van der Waals surface area contributed by atoms with Crippen molar-refractivity contribution in [2.24, 2.45) is 0 Å². The van der Waals surface area contributed by atoms with Crippen LogP contribution in [0.15, 0.2) is 41.3 Å². The quantitative estimate of drug-likeness (QED) is 0.577. The summed E-state index contributed by atoms with van der Waals surface area (Å²) in [7, 11) is 0. The molecule has 0 saturated heterocycles. The fourth-order valence-corrected chi connectivity index (χ4v) is 3.73. The molecule has 1 N–H and O–H groups in total. The third kappa shape index (κ3) is 3.26. The molecule has 1 aromatic carbocycles. The Balaban J connectivity index is 1.69. The summed E-state index contributed by atoms with van der Waals surface area (Å²) in [6.07, 6.45) is 1.64. The normalized spacial score (nSPS) is 12.4. The summed E-state index contributed by atoms with van der Waals surface area (Å²) in [5.41, 5.74) is 4.22. The maximum absolute atomic E-state index is 13.0. The van der Waals surface area contributed by atoms with Crippen molar-refractivity contribution in [2.45, 2.75) is 40.3 Å². The van der Waals surface area contributed by atoms with E-state index in [-0.39, 0.29) is 29.7 Å². The lowest BCUT2D eigenvalue weighted by Crippen LogP contribution is -2.35. The summed E-state index contributed by atoms with van der Waals surface area (Å²) in [5.74, 6) is 0.311. The highest BCUT2D eigenvalue weighted by molar-refractivity contribution is 5.80. The van der Waals surface area contributed by atoms with Gasteiger partial charge < -0.3 is 5.32 Å². The topological polar surface area (TPSA) is 94.2 Å². The number of carbonyl (C=O) groups is 1. The smallest absolute Gasteiger partial charge is 0.297 e. The third-order valence-electron chi connectivity index (χ3n) is 5.10. The number of aryl methyl sites for hydroxylation is 3. The largest absolute Gasteiger partial charge is 0.348 e. The van der Waals surface area contributed by atoms with Crippen molar-refractivity contribution < 1.29 is 4.79 Å². The van der Waals surface area contributed by atoms with Crippen molar-refractivity contribution in [1.82, 2.24) is 29.5 Å². The maximum atomic E-state index is 13.0. The molecule has 0 saturated carbocycles. The zero-order valence-electron chi connectivity index (χ0n) is 16.8. The number of amides is 1. The van der Waals surface area contributed by atoms with Crippen LogP contribution >= 0.6 is 0 Å². The molecule has 0 fully saturated rings. The number of nitrogens with zero attached hydrogens (tertiary/aromatic N) is 5. The monoisotopic (exact) mass is 390 g/mol. The number of hydrogen-bond donors (Lipinski definition) is 1. The molecule has 0 radical (unpaired) electrons. The van der Waals surface area contributed by atoms with Crippen LogP contribution in [-0.4, -0.2) is 30.1 Å². The SMILES string of the molecule is Cc1ccc(C(C)NC(=O)Cn2c(=O)c3nnc(C)n3c3ncccc32)c(C)c1. The molecule has 4 aromatic rings. The van der Waals surface area contributed by atoms with Crippen LogP contribution in [0.25, 0.3) is 16.8 Å². The molecule has 3 heterocycles. The standard InChI is InChI=1S/C21H22N6O2/c1-12-7-8-16(13(2)10-12)14(3)23-18(28)11-26-17-6-5-9-22-19(17)27-15(4)24-25-20(27)21(26)29/h5-10,14H,11H2,1-4H3,(H,23,28). The molecule has 0 bridgehead atoms. The van der Waals surface area contributed by atoms with Crippen LogP contribution in [0, 0.1) is 20.8 Å². The van der Waals surface area contributed by atoms with Gasteiger partial charge in [0.25, 0.3) is 5.56 Å². The van der Waals surface area contributed by atoms with Crippen LogP contribution in [0.4, 0.5) is 0 Å². The Hall–Kier alpha value is -3.55. The van der Waals surface area contributed by atoms with E-state index in [1.54, 1.807) is 29.7 Å². The molecule has 3 aromatic heterocycles. The number of fused-ring (bicyclic) bond motifs is 3. The maximum Gasteiger partial charge on any atom is 0.297 e. The highest BCUT2D eigenvalue weighted by Crippen LogP contribution is 2.19. The molecule has 8 nitrogen and oxygen atoms in total. The van der Waals surface area contributed by atoms with Gasteiger partial charge in [-0.05, 0) is 51.0 Å². The number of rotatable bonds is 4. The highest BCUT2D eigenvalue weighted by Gasteiger charge is 2.18. The van der Waals surface area contributed by atoms with E-state index in [0.29, 0.717) is 17.0 Å². The van der Waals surface area contributed by atoms with E-state index < -0.39 is 0 Å². The van der Waals surface area contributed by atoms with Crippen LogP contribution in [-0.2, 0) is 11.3 Å². The van der Waals surface area contributed by atoms with Crippen LogP contribution in [0.2, 0.25) is 0 Å². The summed E-state index contributed by atoms with van der Waals surface area (Å²) in [4.78, 5) is 30.1. The Morgan fingerprint density at radius 1 is 1.14 bits per heavy atom. The number of nitrogens with one attached hydrogen (secondary N) is 1. The Kier molecular flexibility index (Phi) is 4.62. The van der Waals surface area contributed by atoms with Gasteiger partial charge in [-0.2, -0.15) is 0 Å². The molecule has 8 heteroatoms. The molecule has 1 unspecified atom stereocenters. The lowest BCUT2D eigenvalue weighted by Gasteiger charge is -2.18. The highest BCUT2D eigenvalue weighted by atomic mass is 16.2. The second-order valence-electron chi connectivity index (χ2n) is 7.29. The molecule has 1 atom stereocenters. The number of pyridine rings is 1. The number of aromatic nitrogens is 5. The van der Waals surface area contributed by atoms with Crippen LogP contribution in [0.3, 0.4) is 0 Å². The minimum Gasteiger partial charge on any atom is -0.348 e. The summed E-state index contributed by atoms with van der Waals surface area (Å²) >= 11 is 0. The van der Waals surface area contributed by atoms with E-state index in [9.17, 15) is 9.59 Å². The van der Waals surface area contributed by atoms with E-state index in [1.807, 2.05) is 32.9 Å². The van der Waals surface area contributed by atoms with Gasteiger partial charge in [-0.25, -0.2) is 4.98 Å². The lowest BCUT2D eigenvalue weighted by molar-refractivity contribution is -0.122. The Labute approximate surface area is 167 Å². The van der Waals surface area contributed by atoms with Crippen LogP contribution in [0.1, 0.15) is 35.5 Å². The predicted molar refractivity (Wildman–Crippen MR) is 110 cm³/mol. The predicted octanol–water partition coefficient (Wildman–Crippen LogP) is 2.24. The van der Waals surface area contributed by atoms with Gasteiger partial charge in [0, 0.05) is 6.20 Å². The van der Waals surface area contributed by atoms with Crippen molar-refractivity contribution in [3.8, 4) is 0 Å². The van der Waals surface area contributed by atoms with E-state index in [4.69, 9.17) is 0 Å². The number of benzene rings is 1. The Bertz CT molecular complexity index is 1300. The fourth-order valence-electron chi connectivity index (χ4n) is 3.73. The zero-order valence-corrected chi connectivity index (χ0v) is 16.8. The number of carbonyl (C=O) groups excluding carboxylic acids is 1. The Morgan fingerprint density at radius 3 is 2.69 bits per heavy atom. The van der Waals surface area contributed by atoms with Crippen molar-refractivity contribution in [3.63, 3.8) is 0 Å². The van der Waals surface area contributed by atoms with Gasteiger partial charge in [0.1, 0.15) is 12.4 Å². The molecule has 0 spiro atoms. The Morgan fingerprint density at radius 2 is 1.93 bits per heavy atom. The summed E-state index contributed by atoms with van der Waals surface area (Å²) in [6, 6.07) is 9.46. The molecule has 1 amide bonds. The van der Waals surface area contributed by atoms with E-state index in [2.05, 4.69) is 26.6 Å². The van der Waals surface area contributed by atoms with Gasteiger partial charge in [0.2, 0.25) is 11.6 Å². The first-order chi connectivity index (χ1) is 13.9. The minimum absolute atomic E-state index is 0.126. The molecule has 0 aliphatic carbocycles. The van der Waals surface area contributed by atoms with Crippen molar-refractivity contribution in [1.29, 1.82) is 0 Å². The second-order valence-corrected chi connectivity index (χ2v) is 7.29. The van der Waals surface area contributed by atoms with Crippen molar-refractivity contribution >= 4 is 22.7 Å². The molecule has 148 valence electrons. The summed E-state index contributed by atoms with van der Waals surface area (Å²) in [6.45, 7) is 7.63. The van der Waals surface area contributed by atoms with Gasteiger partial charge >= 0.3 is 0 Å². The van der Waals surface area contributed by atoms with E-state index in [0.717, 1.165) is 11.1 Å². The van der Waals surface area contributed by atoms with Gasteiger partial charge in [0.15, 0.2) is 5.65 Å². The van der Waals surface area contributed by atoms with Gasteiger partial charge in [-0.3, -0.25) is 18.6 Å². The number of hydrogen-bond acceptors (Lipinski definition) is 5. The average Bonchev–Trinajstić information content (AvgIpc) is 3.07. The second kappa shape index (κ2) is 7.12. The molecular weight excluding hydrogens is 368 g/mol. The summed E-state index contributed by atoms with van der Waals surface area (Å²) in [5, 5.41) is 11.0. The first kappa shape index (κ1) is 18.8.